The lowest BCUT2D eigenvalue weighted by atomic mass is 10.1. The number of para-hydroxylation sites is 1. The molecule has 2 aromatic heterocycles. The van der Waals surface area contributed by atoms with Crippen LogP contribution in [0, 0.1) is 25.2 Å². The van der Waals surface area contributed by atoms with Crippen LogP contribution in [0.1, 0.15) is 39.9 Å². The average Bonchev–Trinajstić information content (AvgIpc) is 3.20. The number of rotatable bonds is 6. The SMILES string of the molecule is Cc1ccc(C(=O)CCC(=O)Nc2c(C#N)cnn2-c2cc(C)c3ccccc3n2)cc1. The Morgan fingerprint density at radius 1 is 1.06 bits per heavy atom. The summed E-state index contributed by atoms with van der Waals surface area (Å²) >= 11 is 0. The number of aryl methyl sites for hydroxylation is 2. The molecule has 7 heteroatoms. The summed E-state index contributed by atoms with van der Waals surface area (Å²) in [6.45, 7) is 3.92. The fourth-order valence-electron chi connectivity index (χ4n) is 3.47. The summed E-state index contributed by atoms with van der Waals surface area (Å²) < 4.78 is 1.44. The van der Waals surface area contributed by atoms with Crippen molar-refractivity contribution in [1.29, 1.82) is 5.26 Å². The van der Waals surface area contributed by atoms with Crippen molar-refractivity contribution in [3.8, 4) is 11.9 Å². The van der Waals surface area contributed by atoms with Crippen molar-refractivity contribution in [2.24, 2.45) is 0 Å². The molecular formula is C25H21N5O2. The number of nitriles is 1. The van der Waals surface area contributed by atoms with E-state index in [9.17, 15) is 14.9 Å². The number of Topliss-reactive ketones (excluding diaryl/α,β-unsaturated/α-hetero) is 1. The summed E-state index contributed by atoms with van der Waals surface area (Å²) in [5, 5.41) is 17.5. The maximum Gasteiger partial charge on any atom is 0.226 e. The lowest BCUT2D eigenvalue weighted by Gasteiger charge is -2.11. The molecule has 7 nitrogen and oxygen atoms in total. The zero-order valence-corrected chi connectivity index (χ0v) is 17.8. The van der Waals surface area contributed by atoms with Crippen LogP contribution in [-0.4, -0.2) is 26.5 Å². The Kier molecular flexibility index (Phi) is 5.77. The molecule has 2 aromatic carbocycles. The fraction of sp³-hybridized carbons (Fsp3) is 0.160. The van der Waals surface area contributed by atoms with Crippen LogP contribution < -0.4 is 5.32 Å². The number of pyridine rings is 1. The van der Waals surface area contributed by atoms with E-state index in [0.29, 0.717) is 11.4 Å². The Hall–Kier alpha value is -4.31. The summed E-state index contributed by atoms with van der Waals surface area (Å²) in [4.78, 5) is 29.6. The molecule has 0 saturated carbocycles. The van der Waals surface area contributed by atoms with Crippen LogP contribution in [0.15, 0.2) is 60.8 Å². The maximum absolute atomic E-state index is 12.6. The lowest BCUT2D eigenvalue weighted by Crippen LogP contribution is -2.17. The molecule has 0 aliphatic heterocycles. The molecule has 0 saturated heterocycles. The highest BCUT2D eigenvalue weighted by molar-refractivity contribution is 6.00. The van der Waals surface area contributed by atoms with Gasteiger partial charge in [-0.1, -0.05) is 48.0 Å². The highest BCUT2D eigenvalue weighted by Crippen LogP contribution is 2.23. The van der Waals surface area contributed by atoms with Gasteiger partial charge < -0.3 is 5.32 Å². The molecule has 0 radical (unpaired) electrons. The molecule has 2 heterocycles. The number of hydrogen-bond acceptors (Lipinski definition) is 5. The second-order valence-corrected chi connectivity index (χ2v) is 7.58. The molecule has 0 unspecified atom stereocenters. The van der Waals surface area contributed by atoms with E-state index in [4.69, 9.17) is 0 Å². The number of carbonyl (C=O) groups is 2. The van der Waals surface area contributed by atoms with E-state index >= 15 is 0 Å². The number of aromatic nitrogens is 3. The van der Waals surface area contributed by atoms with Crippen molar-refractivity contribution in [1.82, 2.24) is 14.8 Å². The van der Waals surface area contributed by atoms with E-state index in [1.54, 1.807) is 12.1 Å². The van der Waals surface area contributed by atoms with Crippen molar-refractivity contribution in [2.45, 2.75) is 26.7 Å². The minimum Gasteiger partial charge on any atom is -0.309 e. The first-order chi connectivity index (χ1) is 15.5. The van der Waals surface area contributed by atoms with Crippen molar-refractivity contribution in [3.05, 3.63) is 83.0 Å². The third-order valence-corrected chi connectivity index (χ3v) is 5.23. The number of carbonyl (C=O) groups excluding carboxylic acids is 2. The summed E-state index contributed by atoms with van der Waals surface area (Å²) in [5.41, 5.74) is 3.64. The monoisotopic (exact) mass is 423 g/mol. The minimum absolute atomic E-state index is 0.00701. The second-order valence-electron chi connectivity index (χ2n) is 7.58. The number of ketones is 1. The van der Waals surface area contributed by atoms with Crippen LogP contribution >= 0.6 is 0 Å². The van der Waals surface area contributed by atoms with Crippen LogP contribution in [-0.2, 0) is 4.79 Å². The molecule has 4 rings (SSSR count). The van der Waals surface area contributed by atoms with Crippen LogP contribution in [0.3, 0.4) is 0 Å². The average molecular weight is 423 g/mol. The van der Waals surface area contributed by atoms with E-state index in [2.05, 4.69) is 15.4 Å². The van der Waals surface area contributed by atoms with Gasteiger partial charge in [0.25, 0.3) is 0 Å². The normalized spacial score (nSPS) is 10.7. The van der Waals surface area contributed by atoms with Gasteiger partial charge in [-0.05, 0) is 31.5 Å². The molecular weight excluding hydrogens is 402 g/mol. The molecule has 0 spiro atoms. The van der Waals surface area contributed by atoms with Gasteiger partial charge in [-0.15, -0.1) is 0 Å². The zero-order valence-electron chi connectivity index (χ0n) is 17.8. The minimum atomic E-state index is -0.374. The van der Waals surface area contributed by atoms with Gasteiger partial charge in [0.1, 0.15) is 11.6 Å². The van der Waals surface area contributed by atoms with E-state index in [1.165, 1.54) is 10.9 Å². The topological polar surface area (TPSA) is 101 Å². The number of hydrogen-bond donors (Lipinski definition) is 1. The smallest absolute Gasteiger partial charge is 0.226 e. The van der Waals surface area contributed by atoms with Crippen molar-refractivity contribution < 1.29 is 9.59 Å². The van der Waals surface area contributed by atoms with E-state index < -0.39 is 0 Å². The Morgan fingerprint density at radius 2 is 1.81 bits per heavy atom. The van der Waals surface area contributed by atoms with Gasteiger partial charge in [-0.3, -0.25) is 9.59 Å². The standard InChI is InChI=1S/C25H21N5O2/c1-16-7-9-18(10-8-16)22(31)11-12-24(32)29-25-19(14-26)15-27-30(25)23-13-17(2)20-5-3-4-6-21(20)28-23/h3-10,13,15H,11-12H2,1-2H3,(H,29,32). The van der Waals surface area contributed by atoms with Gasteiger partial charge in [-0.25, -0.2) is 4.98 Å². The number of fused-ring (bicyclic) bond motifs is 1. The van der Waals surface area contributed by atoms with Gasteiger partial charge >= 0.3 is 0 Å². The third kappa shape index (κ3) is 4.25. The Bertz CT molecular complexity index is 1360. The van der Waals surface area contributed by atoms with Crippen LogP contribution in [0.2, 0.25) is 0 Å². The first-order valence-electron chi connectivity index (χ1n) is 10.2. The van der Waals surface area contributed by atoms with Gasteiger partial charge in [0, 0.05) is 23.8 Å². The van der Waals surface area contributed by atoms with Crippen molar-refractivity contribution in [3.63, 3.8) is 0 Å². The molecule has 0 atom stereocenters. The molecule has 1 amide bonds. The first-order valence-corrected chi connectivity index (χ1v) is 10.2. The molecule has 0 bridgehead atoms. The third-order valence-electron chi connectivity index (χ3n) is 5.23. The van der Waals surface area contributed by atoms with E-state index in [-0.39, 0.29) is 35.9 Å². The fourth-order valence-corrected chi connectivity index (χ4v) is 3.47. The highest BCUT2D eigenvalue weighted by atomic mass is 16.2. The predicted octanol–water partition coefficient (Wildman–Crippen LogP) is 4.51. The van der Waals surface area contributed by atoms with Crippen molar-refractivity contribution in [2.75, 3.05) is 5.32 Å². The largest absolute Gasteiger partial charge is 0.309 e. The molecule has 1 N–H and O–H groups in total. The van der Waals surface area contributed by atoms with E-state index in [0.717, 1.165) is 22.0 Å². The Balaban J connectivity index is 1.55. The summed E-state index contributed by atoms with van der Waals surface area (Å²) in [6, 6.07) is 18.9. The number of nitrogens with one attached hydrogen (secondary N) is 1. The summed E-state index contributed by atoms with van der Waals surface area (Å²) in [7, 11) is 0. The van der Waals surface area contributed by atoms with E-state index in [1.807, 2.05) is 62.4 Å². The number of amides is 1. The lowest BCUT2D eigenvalue weighted by molar-refractivity contribution is -0.116. The molecule has 4 aromatic rings. The molecule has 158 valence electrons. The maximum atomic E-state index is 12.6. The quantitative estimate of drug-likeness (QED) is 0.460. The zero-order chi connectivity index (χ0) is 22.7. The number of benzene rings is 2. The first kappa shape index (κ1) is 20.9. The van der Waals surface area contributed by atoms with Gasteiger partial charge in [0.2, 0.25) is 5.91 Å². The second kappa shape index (κ2) is 8.82. The van der Waals surface area contributed by atoms with Crippen molar-refractivity contribution >= 4 is 28.4 Å². The van der Waals surface area contributed by atoms with Gasteiger partial charge in [-0.2, -0.15) is 15.0 Å². The number of nitrogens with zero attached hydrogens (tertiary/aromatic N) is 4. The summed E-state index contributed by atoms with van der Waals surface area (Å²) in [5.74, 6) is 0.249. The van der Waals surface area contributed by atoms with Gasteiger partial charge in [0.15, 0.2) is 17.4 Å². The summed E-state index contributed by atoms with van der Waals surface area (Å²) in [6.07, 6.45) is 1.45. The van der Waals surface area contributed by atoms with Gasteiger partial charge in [0.05, 0.1) is 11.7 Å². The van der Waals surface area contributed by atoms with Crippen LogP contribution in [0.5, 0.6) is 0 Å². The van der Waals surface area contributed by atoms with Crippen LogP contribution in [0.25, 0.3) is 16.7 Å². The molecule has 0 aliphatic carbocycles. The molecule has 0 fully saturated rings. The van der Waals surface area contributed by atoms with Crippen LogP contribution in [0.4, 0.5) is 5.82 Å². The predicted molar refractivity (Wildman–Crippen MR) is 122 cm³/mol. The number of anilines is 1. The Labute approximate surface area is 185 Å². The Morgan fingerprint density at radius 3 is 2.56 bits per heavy atom. The molecule has 0 aliphatic rings. The molecule has 32 heavy (non-hydrogen) atoms. The highest BCUT2D eigenvalue weighted by Gasteiger charge is 2.18.